The number of hydrogen-bond donors (Lipinski definition) is 3. The molecule has 0 heterocycles. The molecule has 9 heteroatoms. The molecule has 0 aromatic heterocycles. The minimum atomic E-state index is -3.98. The van der Waals surface area contributed by atoms with Crippen molar-refractivity contribution in [3.8, 4) is 5.75 Å². The van der Waals surface area contributed by atoms with Crippen molar-refractivity contribution in [2.45, 2.75) is 25.7 Å². The molecule has 0 spiro atoms. The van der Waals surface area contributed by atoms with Crippen LogP contribution >= 0.6 is 0 Å². The number of sulfonamides is 1. The molecule has 0 aliphatic rings. The van der Waals surface area contributed by atoms with Gasteiger partial charge in [-0.25, -0.2) is 13.6 Å². The van der Waals surface area contributed by atoms with Crippen molar-refractivity contribution in [2.75, 3.05) is 19.0 Å². The number of primary sulfonamides is 1. The first-order valence-corrected chi connectivity index (χ1v) is 9.94. The number of hydrogen-bond acceptors (Lipinski definition) is 5. The van der Waals surface area contributed by atoms with Crippen LogP contribution in [0.15, 0.2) is 35.2 Å². The monoisotopic (exact) mass is 405 g/mol. The summed E-state index contributed by atoms with van der Waals surface area (Å²) in [5.74, 6) is -0.907. The number of amides is 2. The fourth-order valence-electron chi connectivity index (χ4n) is 2.86. The molecule has 2 aromatic carbocycles. The highest BCUT2D eigenvalue weighted by Crippen LogP contribution is 2.23. The Morgan fingerprint density at radius 1 is 1.07 bits per heavy atom. The van der Waals surface area contributed by atoms with E-state index in [-0.39, 0.29) is 22.8 Å². The van der Waals surface area contributed by atoms with Gasteiger partial charge in [0.2, 0.25) is 15.9 Å². The van der Waals surface area contributed by atoms with Gasteiger partial charge in [-0.15, -0.1) is 0 Å². The lowest BCUT2D eigenvalue weighted by molar-refractivity contribution is -0.115. The second kappa shape index (κ2) is 8.41. The molecule has 2 rings (SSSR count). The number of anilines is 1. The SMILES string of the molecule is COc1ccc(S(N)(=O)=O)cc1C(=O)NCC(=O)Nc1c(C)cc(C)cc1C. The highest BCUT2D eigenvalue weighted by Gasteiger charge is 2.18. The maximum atomic E-state index is 12.4. The molecule has 2 amide bonds. The number of carbonyl (C=O) groups is 2. The second-order valence-electron chi connectivity index (χ2n) is 6.41. The highest BCUT2D eigenvalue weighted by atomic mass is 32.2. The van der Waals surface area contributed by atoms with Crippen molar-refractivity contribution < 1.29 is 22.7 Å². The molecule has 0 saturated heterocycles. The highest BCUT2D eigenvalue weighted by molar-refractivity contribution is 7.89. The van der Waals surface area contributed by atoms with Crippen molar-refractivity contribution in [3.05, 3.63) is 52.6 Å². The second-order valence-corrected chi connectivity index (χ2v) is 7.97. The number of carbonyl (C=O) groups excluding carboxylic acids is 2. The Hall–Kier alpha value is -2.91. The fraction of sp³-hybridized carbons (Fsp3) is 0.263. The molecule has 0 saturated carbocycles. The third-order valence-electron chi connectivity index (χ3n) is 4.10. The van der Waals surface area contributed by atoms with E-state index in [9.17, 15) is 18.0 Å². The molecule has 4 N–H and O–H groups in total. The van der Waals surface area contributed by atoms with Crippen LogP contribution in [0.1, 0.15) is 27.0 Å². The van der Waals surface area contributed by atoms with E-state index >= 15 is 0 Å². The summed E-state index contributed by atoms with van der Waals surface area (Å²) in [7, 11) is -2.64. The van der Waals surface area contributed by atoms with Gasteiger partial charge in [-0.2, -0.15) is 0 Å². The first-order valence-electron chi connectivity index (χ1n) is 8.39. The lowest BCUT2D eigenvalue weighted by Crippen LogP contribution is -2.33. The number of aryl methyl sites for hydroxylation is 3. The van der Waals surface area contributed by atoms with E-state index in [2.05, 4.69) is 10.6 Å². The van der Waals surface area contributed by atoms with Crippen LogP contribution in [0, 0.1) is 20.8 Å². The van der Waals surface area contributed by atoms with E-state index < -0.39 is 21.8 Å². The molecule has 0 unspecified atom stereocenters. The zero-order valence-corrected chi connectivity index (χ0v) is 16.9. The third-order valence-corrected chi connectivity index (χ3v) is 5.01. The first-order chi connectivity index (χ1) is 13.0. The van der Waals surface area contributed by atoms with Crippen molar-refractivity contribution >= 4 is 27.5 Å². The van der Waals surface area contributed by atoms with E-state index in [1.165, 1.54) is 19.2 Å². The Balaban J connectivity index is 2.13. The summed E-state index contributed by atoms with van der Waals surface area (Å²) in [6.45, 7) is 5.44. The smallest absolute Gasteiger partial charge is 0.255 e. The van der Waals surface area contributed by atoms with Gasteiger partial charge in [0, 0.05) is 5.69 Å². The Morgan fingerprint density at radius 3 is 2.21 bits per heavy atom. The molecule has 8 nitrogen and oxygen atoms in total. The molecular weight excluding hydrogens is 382 g/mol. The average Bonchev–Trinajstić information content (AvgIpc) is 2.61. The zero-order chi connectivity index (χ0) is 21.1. The lowest BCUT2D eigenvalue weighted by Gasteiger charge is -2.14. The van der Waals surface area contributed by atoms with E-state index in [1.54, 1.807) is 0 Å². The van der Waals surface area contributed by atoms with Crippen LogP contribution in [0.2, 0.25) is 0 Å². The van der Waals surface area contributed by atoms with Crippen LogP contribution < -0.4 is 20.5 Å². The van der Waals surface area contributed by atoms with Crippen LogP contribution in [0.3, 0.4) is 0 Å². The van der Waals surface area contributed by atoms with Crippen molar-refractivity contribution in [1.29, 1.82) is 0 Å². The number of rotatable bonds is 6. The Kier molecular flexibility index (Phi) is 6.42. The van der Waals surface area contributed by atoms with Crippen LogP contribution in [-0.2, 0) is 14.8 Å². The number of nitrogens with two attached hydrogens (primary N) is 1. The normalized spacial score (nSPS) is 11.0. The topological polar surface area (TPSA) is 128 Å². The molecular formula is C19H23N3O5S. The van der Waals surface area contributed by atoms with Crippen LogP contribution in [0.4, 0.5) is 5.69 Å². The molecule has 0 radical (unpaired) electrons. The minimum absolute atomic E-state index is 0.0375. The van der Waals surface area contributed by atoms with Crippen LogP contribution in [-0.4, -0.2) is 33.9 Å². The first kappa shape index (κ1) is 21.4. The van der Waals surface area contributed by atoms with Gasteiger partial charge in [-0.05, 0) is 50.1 Å². The maximum absolute atomic E-state index is 12.4. The summed E-state index contributed by atoms with van der Waals surface area (Å²) in [4.78, 5) is 24.4. The standard InChI is InChI=1S/C19H23N3O5S/c1-11-7-12(2)18(13(3)8-11)22-17(23)10-21-19(24)15-9-14(28(20,25)26)5-6-16(15)27-4/h5-9H,10H2,1-4H3,(H,21,24)(H,22,23)(H2,20,25,26). The van der Waals surface area contributed by atoms with Crippen molar-refractivity contribution in [2.24, 2.45) is 5.14 Å². The predicted molar refractivity (Wildman–Crippen MR) is 106 cm³/mol. The molecule has 150 valence electrons. The van der Waals surface area contributed by atoms with Crippen LogP contribution in [0.5, 0.6) is 5.75 Å². The Morgan fingerprint density at radius 2 is 1.68 bits per heavy atom. The zero-order valence-electron chi connectivity index (χ0n) is 16.1. The summed E-state index contributed by atoms with van der Waals surface area (Å²) < 4.78 is 28.1. The minimum Gasteiger partial charge on any atom is -0.496 e. The maximum Gasteiger partial charge on any atom is 0.255 e. The van der Waals surface area contributed by atoms with Gasteiger partial charge in [0.25, 0.3) is 5.91 Å². The van der Waals surface area contributed by atoms with E-state index in [4.69, 9.17) is 9.88 Å². The van der Waals surface area contributed by atoms with E-state index in [0.717, 1.165) is 22.8 Å². The van der Waals surface area contributed by atoms with Gasteiger partial charge in [0.05, 0.1) is 24.1 Å². The summed E-state index contributed by atoms with van der Waals surface area (Å²) in [5.41, 5.74) is 3.57. The van der Waals surface area contributed by atoms with E-state index in [1.807, 2.05) is 32.9 Å². The van der Waals surface area contributed by atoms with Gasteiger partial charge < -0.3 is 15.4 Å². The number of ether oxygens (including phenoxy) is 1. The number of benzene rings is 2. The number of methoxy groups -OCH3 is 1. The van der Waals surface area contributed by atoms with Gasteiger partial charge in [-0.3, -0.25) is 9.59 Å². The van der Waals surface area contributed by atoms with E-state index in [0.29, 0.717) is 5.69 Å². The lowest BCUT2D eigenvalue weighted by atomic mass is 10.1. The van der Waals surface area contributed by atoms with Crippen molar-refractivity contribution in [3.63, 3.8) is 0 Å². The molecule has 28 heavy (non-hydrogen) atoms. The quantitative estimate of drug-likeness (QED) is 0.673. The third kappa shape index (κ3) is 5.08. The molecule has 0 atom stereocenters. The van der Waals surface area contributed by atoms with Crippen molar-refractivity contribution in [1.82, 2.24) is 5.32 Å². The molecule has 2 aromatic rings. The molecule has 0 fully saturated rings. The van der Waals surface area contributed by atoms with Gasteiger partial charge in [-0.1, -0.05) is 17.7 Å². The molecule has 0 aliphatic heterocycles. The fourth-order valence-corrected chi connectivity index (χ4v) is 3.40. The Bertz CT molecular complexity index is 1010. The number of nitrogens with one attached hydrogen (secondary N) is 2. The van der Waals surface area contributed by atoms with Crippen LogP contribution in [0.25, 0.3) is 0 Å². The summed E-state index contributed by atoms with van der Waals surface area (Å²) in [6, 6.07) is 7.57. The predicted octanol–water partition coefficient (Wildman–Crippen LogP) is 1.64. The average molecular weight is 405 g/mol. The summed E-state index contributed by atoms with van der Waals surface area (Å²) in [6.07, 6.45) is 0. The van der Waals surface area contributed by atoms with Gasteiger partial charge in [0.1, 0.15) is 5.75 Å². The Labute approximate surface area is 164 Å². The largest absolute Gasteiger partial charge is 0.496 e. The van der Waals surface area contributed by atoms with Gasteiger partial charge >= 0.3 is 0 Å². The molecule has 0 bridgehead atoms. The van der Waals surface area contributed by atoms with Gasteiger partial charge in [0.15, 0.2) is 0 Å². The molecule has 0 aliphatic carbocycles. The summed E-state index contributed by atoms with van der Waals surface area (Å²) >= 11 is 0. The summed E-state index contributed by atoms with van der Waals surface area (Å²) in [5, 5.41) is 10.3.